The smallest absolute Gasteiger partial charge is 0.255 e. The zero-order chi connectivity index (χ0) is 22.1. The number of ketones is 1. The number of rotatable bonds is 7. The minimum Gasteiger partial charge on any atom is -0.454 e. The van der Waals surface area contributed by atoms with Crippen molar-refractivity contribution >= 4 is 27.4 Å². The highest BCUT2D eigenvalue weighted by molar-refractivity contribution is 7.89. The lowest BCUT2D eigenvalue weighted by Gasteiger charge is -2.19. The van der Waals surface area contributed by atoms with Crippen molar-refractivity contribution in [3.8, 4) is 11.5 Å². The molecule has 0 spiro atoms. The first-order valence-corrected chi connectivity index (χ1v) is 11.0. The van der Waals surface area contributed by atoms with E-state index < -0.39 is 15.9 Å². The number of amides is 1. The van der Waals surface area contributed by atoms with Crippen LogP contribution in [0, 0.1) is 6.92 Å². The van der Waals surface area contributed by atoms with Crippen LogP contribution >= 0.6 is 0 Å². The van der Waals surface area contributed by atoms with E-state index in [4.69, 9.17) is 9.47 Å². The highest BCUT2D eigenvalue weighted by Crippen LogP contribution is 2.37. The fraction of sp³-hybridized carbons (Fsp3) is 0.333. The second kappa shape index (κ2) is 8.45. The van der Waals surface area contributed by atoms with Crippen LogP contribution in [0.25, 0.3) is 0 Å². The maximum atomic E-state index is 13.0. The molecule has 0 bridgehead atoms. The third-order valence-electron chi connectivity index (χ3n) is 4.94. The molecule has 0 unspecified atom stereocenters. The van der Waals surface area contributed by atoms with Crippen LogP contribution in [0.5, 0.6) is 11.5 Å². The van der Waals surface area contributed by atoms with E-state index in [2.05, 4.69) is 5.32 Å². The average Bonchev–Trinajstić information content (AvgIpc) is 3.15. The summed E-state index contributed by atoms with van der Waals surface area (Å²) in [4.78, 5) is 25.1. The molecule has 30 heavy (non-hydrogen) atoms. The number of aryl methyl sites for hydroxylation is 1. The molecule has 0 aliphatic carbocycles. The predicted octanol–water partition coefficient (Wildman–Crippen LogP) is 3.21. The van der Waals surface area contributed by atoms with E-state index in [1.165, 1.54) is 35.5 Å². The van der Waals surface area contributed by atoms with E-state index in [1.807, 2.05) is 0 Å². The summed E-state index contributed by atoms with van der Waals surface area (Å²) in [6.07, 6.45) is 0. The molecular weight excluding hydrogens is 408 g/mol. The molecule has 160 valence electrons. The Balaban J connectivity index is 1.98. The van der Waals surface area contributed by atoms with Gasteiger partial charge >= 0.3 is 0 Å². The van der Waals surface area contributed by atoms with Crippen LogP contribution in [0.3, 0.4) is 0 Å². The Morgan fingerprint density at radius 1 is 1.03 bits per heavy atom. The molecule has 1 heterocycles. The molecule has 3 rings (SSSR count). The van der Waals surface area contributed by atoms with Gasteiger partial charge in [0.05, 0.1) is 10.6 Å². The van der Waals surface area contributed by atoms with Crippen molar-refractivity contribution in [2.24, 2.45) is 0 Å². The van der Waals surface area contributed by atoms with Crippen LogP contribution in [-0.2, 0) is 10.0 Å². The van der Waals surface area contributed by atoms with Crippen LogP contribution in [-0.4, -0.2) is 44.3 Å². The largest absolute Gasteiger partial charge is 0.454 e. The summed E-state index contributed by atoms with van der Waals surface area (Å²) < 4.78 is 37.6. The molecule has 1 aliphatic rings. The van der Waals surface area contributed by atoms with Gasteiger partial charge in [0.2, 0.25) is 16.8 Å². The van der Waals surface area contributed by atoms with Gasteiger partial charge in [-0.15, -0.1) is 0 Å². The number of carbonyl (C=O) groups is 2. The second-order valence-corrected chi connectivity index (χ2v) is 8.77. The van der Waals surface area contributed by atoms with Gasteiger partial charge in [0.1, 0.15) is 0 Å². The maximum Gasteiger partial charge on any atom is 0.255 e. The van der Waals surface area contributed by atoms with Gasteiger partial charge in [0.25, 0.3) is 5.91 Å². The molecule has 1 amide bonds. The fourth-order valence-corrected chi connectivity index (χ4v) is 4.73. The Morgan fingerprint density at radius 3 is 2.27 bits per heavy atom. The average molecular weight is 432 g/mol. The van der Waals surface area contributed by atoms with Crippen LogP contribution < -0.4 is 14.8 Å². The predicted molar refractivity (Wildman–Crippen MR) is 112 cm³/mol. The van der Waals surface area contributed by atoms with Crippen molar-refractivity contribution in [1.82, 2.24) is 4.31 Å². The Hall–Kier alpha value is -2.91. The number of carbonyl (C=O) groups excluding carboxylic acids is 2. The highest BCUT2D eigenvalue weighted by atomic mass is 32.2. The lowest BCUT2D eigenvalue weighted by atomic mass is 10.1. The number of fused-ring (bicyclic) bond motifs is 1. The summed E-state index contributed by atoms with van der Waals surface area (Å²) in [5.41, 5.74) is 1.36. The number of benzene rings is 2. The first-order chi connectivity index (χ1) is 14.2. The quantitative estimate of drug-likeness (QED) is 0.674. The number of hydrogen-bond donors (Lipinski definition) is 1. The van der Waals surface area contributed by atoms with E-state index in [-0.39, 0.29) is 34.3 Å². The number of nitrogens with one attached hydrogen (secondary N) is 1. The molecule has 0 saturated heterocycles. The molecule has 0 fully saturated rings. The van der Waals surface area contributed by atoms with E-state index in [0.717, 1.165) is 0 Å². The van der Waals surface area contributed by atoms with Crippen LogP contribution in [0.4, 0.5) is 5.69 Å². The third kappa shape index (κ3) is 4.03. The number of hydrogen-bond acceptors (Lipinski definition) is 6. The molecule has 2 aromatic carbocycles. The highest BCUT2D eigenvalue weighted by Gasteiger charge is 2.25. The maximum absolute atomic E-state index is 13.0. The van der Waals surface area contributed by atoms with Gasteiger partial charge in [0.15, 0.2) is 17.3 Å². The first kappa shape index (κ1) is 21.8. The summed E-state index contributed by atoms with van der Waals surface area (Å²) in [5.74, 6) is 0.0789. The van der Waals surface area contributed by atoms with E-state index >= 15 is 0 Å². The molecule has 0 radical (unpaired) electrons. The van der Waals surface area contributed by atoms with Gasteiger partial charge in [0, 0.05) is 30.3 Å². The molecule has 9 heteroatoms. The van der Waals surface area contributed by atoms with Gasteiger partial charge in [-0.2, -0.15) is 4.31 Å². The first-order valence-electron chi connectivity index (χ1n) is 9.55. The van der Waals surface area contributed by atoms with Crippen molar-refractivity contribution in [3.63, 3.8) is 0 Å². The number of nitrogens with zero attached hydrogens (tertiary/aromatic N) is 1. The Morgan fingerprint density at radius 2 is 1.67 bits per heavy atom. The topological polar surface area (TPSA) is 102 Å². The minimum absolute atomic E-state index is 0.0362. The Labute approximate surface area is 175 Å². The van der Waals surface area contributed by atoms with Crippen molar-refractivity contribution in [2.45, 2.75) is 32.6 Å². The summed E-state index contributed by atoms with van der Waals surface area (Å²) >= 11 is 0. The molecule has 8 nitrogen and oxygen atoms in total. The van der Waals surface area contributed by atoms with Gasteiger partial charge in [-0.1, -0.05) is 19.9 Å². The molecule has 1 N–H and O–H groups in total. The molecular formula is C21H24N2O6S. The minimum atomic E-state index is -3.71. The van der Waals surface area contributed by atoms with E-state index in [1.54, 1.807) is 26.8 Å². The van der Waals surface area contributed by atoms with E-state index in [9.17, 15) is 18.0 Å². The summed E-state index contributed by atoms with van der Waals surface area (Å²) in [6, 6.07) is 7.49. The monoisotopic (exact) mass is 432 g/mol. The standard InChI is InChI=1S/C21H24N2O6S/c1-5-23(6-2)30(26,27)15-8-7-13(3)16(9-15)21(25)22-18-11-20-19(28-12-29-20)10-17(18)14(4)24/h7-11H,5-6,12H2,1-4H3,(H,22,25). The number of Topliss-reactive ketones (excluding diaryl/α,β-unsaturated/α-hetero) is 1. The van der Waals surface area contributed by atoms with Crippen molar-refractivity contribution in [3.05, 3.63) is 47.0 Å². The SMILES string of the molecule is CCN(CC)S(=O)(=O)c1ccc(C)c(C(=O)Nc2cc3c(cc2C(C)=O)OCO3)c1. The van der Waals surface area contributed by atoms with Crippen molar-refractivity contribution < 1.29 is 27.5 Å². The Bertz CT molecular complexity index is 1110. The van der Waals surface area contributed by atoms with Crippen LogP contribution in [0.15, 0.2) is 35.2 Å². The number of ether oxygens (including phenoxy) is 2. The van der Waals surface area contributed by atoms with Gasteiger partial charge < -0.3 is 14.8 Å². The Kier molecular flexibility index (Phi) is 6.14. The van der Waals surface area contributed by atoms with Gasteiger partial charge in [-0.25, -0.2) is 8.42 Å². The number of anilines is 1. The summed E-state index contributed by atoms with van der Waals surface area (Å²) in [7, 11) is -3.71. The second-order valence-electron chi connectivity index (χ2n) is 6.83. The number of sulfonamides is 1. The molecule has 0 atom stereocenters. The molecule has 2 aromatic rings. The van der Waals surface area contributed by atoms with Crippen LogP contribution in [0.1, 0.15) is 47.1 Å². The fourth-order valence-electron chi connectivity index (χ4n) is 3.25. The van der Waals surface area contributed by atoms with Gasteiger partial charge in [-0.05, 0) is 37.6 Å². The normalized spacial score (nSPS) is 12.8. The molecule has 1 aliphatic heterocycles. The van der Waals surface area contributed by atoms with E-state index in [0.29, 0.717) is 30.2 Å². The lowest BCUT2D eigenvalue weighted by molar-refractivity contribution is 0.101. The molecule has 0 aromatic heterocycles. The zero-order valence-electron chi connectivity index (χ0n) is 17.3. The summed E-state index contributed by atoms with van der Waals surface area (Å²) in [5, 5.41) is 2.71. The van der Waals surface area contributed by atoms with Crippen molar-refractivity contribution in [1.29, 1.82) is 0 Å². The lowest BCUT2D eigenvalue weighted by Crippen LogP contribution is -2.30. The zero-order valence-corrected chi connectivity index (χ0v) is 18.1. The third-order valence-corrected chi connectivity index (χ3v) is 6.98. The molecule has 0 saturated carbocycles. The van der Waals surface area contributed by atoms with Crippen molar-refractivity contribution in [2.75, 3.05) is 25.2 Å². The van der Waals surface area contributed by atoms with Gasteiger partial charge in [-0.3, -0.25) is 9.59 Å². The van der Waals surface area contributed by atoms with Crippen LogP contribution in [0.2, 0.25) is 0 Å². The summed E-state index contributed by atoms with van der Waals surface area (Å²) in [6.45, 7) is 7.30.